The zero-order valence-corrected chi connectivity index (χ0v) is 12.7. The Morgan fingerprint density at radius 3 is 2.40 bits per heavy atom. The van der Waals surface area contributed by atoms with E-state index in [9.17, 15) is 9.36 Å². The number of hydrogen-bond donors (Lipinski definition) is 2. The first-order chi connectivity index (χ1) is 9.11. The molecule has 2 unspecified atom stereocenters. The average molecular weight is 301 g/mol. The number of hydrogen-bond acceptors (Lipinski definition) is 5. The standard InChI is InChI=1S/C13H20NO5P/c1-10(12(15)16)18-20(17,9-13(2,3)14)19-11-7-5-4-6-8-11/h4-8,10H,9,14H2,1-3H3,(H,15,16). The predicted molar refractivity (Wildman–Crippen MR) is 76.0 cm³/mol. The van der Waals surface area contributed by atoms with Crippen LogP contribution < -0.4 is 10.3 Å². The van der Waals surface area contributed by atoms with Gasteiger partial charge in [0.15, 0.2) is 6.10 Å². The number of benzene rings is 1. The highest BCUT2D eigenvalue weighted by Gasteiger charge is 2.36. The van der Waals surface area contributed by atoms with E-state index in [-0.39, 0.29) is 6.16 Å². The van der Waals surface area contributed by atoms with Crippen LogP contribution in [0.1, 0.15) is 20.8 Å². The monoisotopic (exact) mass is 301 g/mol. The Hall–Kier alpha value is -1.36. The van der Waals surface area contributed by atoms with Crippen molar-refractivity contribution in [3.8, 4) is 5.75 Å². The van der Waals surface area contributed by atoms with Gasteiger partial charge in [0.05, 0.1) is 6.16 Å². The van der Waals surface area contributed by atoms with E-state index in [4.69, 9.17) is 19.9 Å². The van der Waals surface area contributed by atoms with Crippen LogP contribution in [0.3, 0.4) is 0 Å². The quantitative estimate of drug-likeness (QED) is 0.751. The van der Waals surface area contributed by atoms with E-state index >= 15 is 0 Å². The van der Waals surface area contributed by atoms with Crippen LogP contribution >= 0.6 is 7.60 Å². The number of aliphatic carboxylic acids is 1. The van der Waals surface area contributed by atoms with E-state index in [0.717, 1.165) is 0 Å². The van der Waals surface area contributed by atoms with Crippen molar-refractivity contribution in [2.45, 2.75) is 32.4 Å². The van der Waals surface area contributed by atoms with Gasteiger partial charge < -0.3 is 15.4 Å². The molecule has 3 N–H and O–H groups in total. The molecule has 0 bridgehead atoms. The van der Waals surface area contributed by atoms with Gasteiger partial charge in [0, 0.05) is 5.54 Å². The van der Waals surface area contributed by atoms with Crippen molar-refractivity contribution in [2.24, 2.45) is 5.73 Å². The Kier molecular flexibility index (Phi) is 5.34. The summed E-state index contributed by atoms with van der Waals surface area (Å²) in [7, 11) is -3.68. The third-order valence-corrected chi connectivity index (χ3v) is 4.58. The van der Waals surface area contributed by atoms with Gasteiger partial charge in [-0.3, -0.25) is 4.52 Å². The number of nitrogens with two attached hydrogens (primary N) is 1. The largest absolute Gasteiger partial charge is 0.479 e. The van der Waals surface area contributed by atoms with Gasteiger partial charge in [0.2, 0.25) is 0 Å². The van der Waals surface area contributed by atoms with Crippen molar-refractivity contribution in [3.05, 3.63) is 30.3 Å². The Morgan fingerprint density at radius 1 is 1.40 bits per heavy atom. The number of carboxylic acid groups (broad SMARTS) is 1. The molecule has 0 aromatic heterocycles. The normalized spacial score (nSPS) is 16.2. The Morgan fingerprint density at radius 2 is 1.95 bits per heavy atom. The smallest absolute Gasteiger partial charge is 0.381 e. The van der Waals surface area contributed by atoms with Crippen LogP contribution in [0.25, 0.3) is 0 Å². The molecule has 0 amide bonds. The summed E-state index contributed by atoms with van der Waals surface area (Å²) >= 11 is 0. The third kappa shape index (κ3) is 5.74. The molecule has 0 aliphatic heterocycles. The first-order valence-corrected chi connectivity index (χ1v) is 7.88. The molecule has 0 spiro atoms. The number of carbonyl (C=O) groups is 1. The summed E-state index contributed by atoms with van der Waals surface area (Å²) in [6.07, 6.45) is -1.33. The molecule has 0 aliphatic carbocycles. The lowest BCUT2D eigenvalue weighted by Crippen LogP contribution is -2.37. The summed E-state index contributed by atoms with van der Waals surface area (Å²) < 4.78 is 23.2. The van der Waals surface area contributed by atoms with E-state index < -0.39 is 25.2 Å². The van der Waals surface area contributed by atoms with Crippen LogP contribution in [0.2, 0.25) is 0 Å². The second kappa shape index (κ2) is 6.39. The summed E-state index contributed by atoms with van der Waals surface area (Å²) in [6.45, 7) is 4.64. The Labute approximate surface area is 118 Å². The second-order valence-electron chi connectivity index (χ2n) is 5.25. The summed E-state index contributed by atoms with van der Waals surface area (Å²) in [6, 6.07) is 8.45. The fourth-order valence-corrected chi connectivity index (χ4v) is 3.71. The molecule has 2 atom stereocenters. The maximum atomic E-state index is 12.7. The van der Waals surface area contributed by atoms with Crippen LogP contribution in [-0.4, -0.2) is 28.9 Å². The molecule has 20 heavy (non-hydrogen) atoms. The maximum absolute atomic E-state index is 12.7. The van der Waals surface area contributed by atoms with E-state index in [0.29, 0.717) is 5.75 Å². The molecule has 0 heterocycles. The van der Waals surface area contributed by atoms with Crippen molar-refractivity contribution in [3.63, 3.8) is 0 Å². The fourth-order valence-electron chi connectivity index (χ4n) is 1.52. The van der Waals surface area contributed by atoms with Gasteiger partial charge in [0.25, 0.3) is 0 Å². The summed E-state index contributed by atoms with van der Waals surface area (Å²) in [5.74, 6) is -0.866. The predicted octanol–water partition coefficient (Wildman–Crippen LogP) is 2.49. The minimum Gasteiger partial charge on any atom is -0.479 e. The molecule has 1 rings (SSSR count). The highest BCUT2D eigenvalue weighted by atomic mass is 31.2. The van der Waals surface area contributed by atoms with Gasteiger partial charge in [0.1, 0.15) is 5.75 Å². The Balaban J connectivity index is 2.95. The lowest BCUT2D eigenvalue weighted by molar-refractivity contribution is -0.144. The van der Waals surface area contributed by atoms with Crippen LogP contribution in [0.5, 0.6) is 5.75 Å². The third-order valence-electron chi connectivity index (χ3n) is 2.26. The molecule has 1 aromatic rings. The molecule has 0 saturated heterocycles. The summed E-state index contributed by atoms with van der Waals surface area (Å²) in [5.41, 5.74) is 5.03. The molecule has 0 aliphatic rings. The van der Waals surface area contributed by atoms with Crippen molar-refractivity contribution in [2.75, 3.05) is 6.16 Å². The molecule has 112 valence electrons. The summed E-state index contributed by atoms with van der Waals surface area (Å²) in [5, 5.41) is 8.88. The molecular weight excluding hydrogens is 281 g/mol. The van der Waals surface area contributed by atoms with Crippen molar-refractivity contribution in [1.29, 1.82) is 0 Å². The molecule has 0 saturated carbocycles. The molecule has 6 nitrogen and oxygen atoms in total. The maximum Gasteiger partial charge on any atom is 0.381 e. The molecule has 7 heteroatoms. The van der Waals surface area contributed by atoms with Gasteiger partial charge in [-0.15, -0.1) is 0 Å². The highest BCUT2D eigenvalue weighted by Crippen LogP contribution is 2.51. The van der Waals surface area contributed by atoms with Crippen LogP contribution in [-0.2, 0) is 13.9 Å². The van der Waals surface area contributed by atoms with Crippen LogP contribution in [0, 0.1) is 0 Å². The van der Waals surface area contributed by atoms with E-state index in [1.54, 1.807) is 44.2 Å². The first-order valence-electron chi connectivity index (χ1n) is 6.15. The minimum absolute atomic E-state index is 0.0908. The fraction of sp³-hybridized carbons (Fsp3) is 0.462. The molecular formula is C13H20NO5P. The number of rotatable bonds is 7. The topological polar surface area (TPSA) is 98.9 Å². The first kappa shape index (κ1) is 16.7. The summed E-state index contributed by atoms with van der Waals surface area (Å²) in [4.78, 5) is 10.9. The van der Waals surface area contributed by atoms with Gasteiger partial charge in [-0.05, 0) is 32.9 Å². The lowest BCUT2D eigenvalue weighted by Gasteiger charge is -2.27. The van der Waals surface area contributed by atoms with Gasteiger partial charge in [-0.1, -0.05) is 18.2 Å². The van der Waals surface area contributed by atoms with Crippen molar-refractivity contribution < 1.29 is 23.5 Å². The average Bonchev–Trinajstić information content (AvgIpc) is 2.26. The van der Waals surface area contributed by atoms with E-state index in [1.165, 1.54) is 6.92 Å². The van der Waals surface area contributed by atoms with Crippen molar-refractivity contribution >= 4 is 13.6 Å². The minimum atomic E-state index is -3.68. The van der Waals surface area contributed by atoms with Crippen LogP contribution in [0.4, 0.5) is 0 Å². The van der Waals surface area contributed by atoms with Gasteiger partial charge in [-0.2, -0.15) is 0 Å². The second-order valence-corrected chi connectivity index (χ2v) is 7.18. The van der Waals surface area contributed by atoms with Gasteiger partial charge in [-0.25, -0.2) is 9.36 Å². The molecule has 0 radical (unpaired) electrons. The van der Waals surface area contributed by atoms with E-state index in [1.807, 2.05) is 0 Å². The zero-order valence-electron chi connectivity index (χ0n) is 11.8. The van der Waals surface area contributed by atoms with E-state index in [2.05, 4.69) is 0 Å². The highest BCUT2D eigenvalue weighted by molar-refractivity contribution is 7.54. The number of para-hydroxylation sites is 1. The SMILES string of the molecule is CC(OP(=O)(CC(C)(C)N)Oc1ccccc1)C(=O)O. The lowest BCUT2D eigenvalue weighted by atomic mass is 10.1. The van der Waals surface area contributed by atoms with Gasteiger partial charge >= 0.3 is 13.6 Å². The molecule has 0 fully saturated rings. The van der Waals surface area contributed by atoms with Crippen LogP contribution in [0.15, 0.2) is 30.3 Å². The zero-order chi connectivity index (χ0) is 15.4. The van der Waals surface area contributed by atoms with Crippen molar-refractivity contribution in [1.82, 2.24) is 0 Å². The molecule has 1 aromatic carbocycles. The number of carboxylic acids is 1. The Bertz CT molecular complexity index is 497.